The number of rotatable bonds is 9. The van der Waals surface area contributed by atoms with Crippen LogP contribution in [0.2, 0.25) is 0 Å². The summed E-state index contributed by atoms with van der Waals surface area (Å²) < 4.78 is 42.6. The molecule has 0 unspecified atom stereocenters. The van der Waals surface area contributed by atoms with Gasteiger partial charge in [0.2, 0.25) is 0 Å². The van der Waals surface area contributed by atoms with E-state index < -0.39 is 6.36 Å². The summed E-state index contributed by atoms with van der Waals surface area (Å²) >= 11 is 1.60. The van der Waals surface area contributed by atoms with E-state index in [1.165, 1.54) is 52.0 Å². The Morgan fingerprint density at radius 3 is 2.41 bits per heavy atom. The lowest BCUT2D eigenvalue weighted by Crippen LogP contribution is -2.29. The van der Waals surface area contributed by atoms with Crippen molar-refractivity contribution in [2.45, 2.75) is 46.4 Å². The number of urea groups is 1. The highest BCUT2D eigenvalue weighted by Gasteiger charge is 2.31. The zero-order valence-electron chi connectivity index (χ0n) is 24.7. The average Bonchev–Trinajstić information content (AvgIpc) is 3.63. The van der Waals surface area contributed by atoms with Crippen molar-refractivity contribution in [2.75, 3.05) is 23.7 Å². The SMILES string of the molecule is Cc1cc(C)c(N2CCSC2=NC(=O)NCCCCc2ccc(-c3ncn(-c4ccc(OC(F)(F)F)cc4)n3)cc2)c(C)c1. The van der Waals surface area contributed by atoms with Gasteiger partial charge < -0.3 is 15.0 Å². The number of hydrogen-bond acceptors (Lipinski definition) is 5. The molecule has 1 saturated heterocycles. The Morgan fingerprint density at radius 2 is 1.73 bits per heavy atom. The molecule has 1 aromatic heterocycles. The summed E-state index contributed by atoms with van der Waals surface area (Å²) in [5.41, 5.74) is 7.26. The van der Waals surface area contributed by atoms with Crippen LogP contribution in [0.1, 0.15) is 35.1 Å². The van der Waals surface area contributed by atoms with Crippen LogP contribution in [0, 0.1) is 20.8 Å². The molecule has 8 nitrogen and oxygen atoms in total. The highest BCUT2D eigenvalue weighted by atomic mass is 32.2. The van der Waals surface area contributed by atoms with E-state index in [1.807, 2.05) is 24.3 Å². The summed E-state index contributed by atoms with van der Waals surface area (Å²) in [6.45, 7) is 7.66. The molecule has 4 aromatic rings. The number of carbonyl (C=O) groups excluding carboxylic acids is 1. The predicted octanol–water partition coefficient (Wildman–Crippen LogP) is 7.40. The van der Waals surface area contributed by atoms with Gasteiger partial charge in [0.1, 0.15) is 12.1 Å². The zero-order valence-corrected chi connectivity index (χ0v) is 25.5. The number of unbranched alkanes of at least 4 members (excludes halogenated alkanes) is 1. The number of anilines is 1. The van der Waals surface area contributed by atoms with Gasteiger partial charge in [-0.15, -0.1) is 18.3 Å². The van der Waals surface area contributed by atoms with Gasteiger partial charge in [-0.05, 0) is 81.0 Å². The van der Waals surface area contributed by atoms with Crippen molar-refractivity contribution in [3.8, 4) is 22.8 Å². The monoisotopic (exact) mass is 622 g/mol. The lowest BCUT2D eigenvalue weighted by molar-refractivity contribution is -0.274. The number of halogens is 3. The van der Waals surface area contributed by atoms with Crippen molar-refractivity contribution in [1.29, 1.82) is 0 Å². The van der Waals surface area contributed by atoms with E-state index in [1.54, 1.807) is 11.8 Å². The van der Waals surface area contributed by atoms with Crippen LogP contribution < -0.4 is 15.0 Å². The van der Waals surface area contributed by atoms with E-state index in [4.69, 9.17) is 0 Å². The number of hydrogen-bond donors (Lipinski definition) is 1. The first kappa shape index (κ1) is 31.1. The van der Waals surface area contributed by atoms with Gasteiger partial charge in [0, 0.05) is 30.1 Å². The second-order valence-electron chi connectivity index (χ2n) is 10.6. The normalized spacial score (nSPS) is 14.3. The van der Waals surface area contributed by atoms with Crippen molar-refractivity contribution >= 4 is 28.6 Å². The lowest BCUT2D eigenvalue weighted by Gasteiger charge is -2.23. The fraction of sp³-hybridized carbons (Fsp3) is 0.312. The van der Waals surface area contributed by atoms with Crippen LogP contribution in [-0.2, 0) is 6.42 Å². The first-order valence-electron chi connectivity index (χ1n) is 14.3. The van der Waals surface area contributed by atoms with Gasteiger partial charge in [-0.25, -0.2) is 14.5 Å². The van der Waals surface area contributed by atoms with Crippen LogP contribution in [-0.4, -0.2) is 51.2 Å². The summed E-state index contributed by atoms with van der Waals surface area (Å²) in [6.07, 6.45) is -0.647. The summed E-state index contributed by atoms with van der Waals surface area (Å²) in [5, 5.41) is 8.11. The summed E-state index contributed by atoms with van der Waals surface area (Å²) in [7, 11) is 0. The topological polar surface area (TPSA) is 84.6 Å². The number of nitrogens with zero attached hydrogens (tertiary/aromatic N) is 5. The lowest BCUT2D eigenvalue weighted by atomic mass is 10.0. The van der Waals surface area contributed by atoms with Crippen LogP contribution in [0.3, 0.4) is 0 Å². The largest absolute Gasteiger partial charge is 0.573 e. The maximum atomic E-state index is 12.6. The molecule has 0 atom stereocenters. The van der Waals surface area contributed by atoms with Crippen LogP contribution >= 0.6 is 11.8 Å². The second kappa shape index (κ2) is 13.5. The smallest absolute Gasteiger partial charge is 0.406 e. The molecule has 230 valence electrons. The molecule has 5 rings (SSSR count). The molecule has 1 fully saturated rings. The molecule has 0 radical (unpaired) electrons. The van der Waals surface area contributed by atoms with Crippen molar-refractivity contribution in [3.63, 3.8) is 0 Å². The molecule has 0 bridgehead atoms. The van der Waals surface area contributed by atoms with E-state index >= 15 is 0 Å². The Kier molecular flexibility index (Phi) is 9.58. The maximum absolute atomic E-state index is 12.6. The summed E-state index contributed by atoms with van der Waals surface area (Å²) in [6, 6.07) is 17.3. The molecule has 0 spiro atoms. The highest BCUT2D eigenvalue weighted by molar-refractivity contribution is 8.14. The number of alkyl halides is 3. The number of aliphatic imine (C=N–C) groups is 1. The van der Waals surface area contributed by atoms with Crippen LogP contribution in [0.5, 0.6) is 5.75 Å². The number of thioether (sulfide) groups is 1. The Morgan fingerprint density at radius 1 is 1.02 bits per heavy atom. The van der Waals surface area contributed by atoms with Gasteiger partial charge in [0.05, 0.1) is 5.69 Å². The molecule has 2 heterocycles. The molecule has 2 amide bonds. The number of benzene rings is 3. The van der Waals surface area contributed by atoms with Gasteiger partial charge in [-0.3, -0.25) is 0 Å². The first-order chi connectivity index (χ1) is 21.1. The van der Waals surface area contributed by atoms with Crippen LogP contribution in [0.15, 0.2) is 72.0 Å². The zero-order chi connectivity index (χ0) is 31.3. The molecule has 0 aliphatic carbocycles. The average molecular weight is 623 g/mol. The highest BCUT2D eigenvalue weighted by Crippen LogP contribution is 2.32. The molecular weight excluding hydrogens is 589 g/mol. The second-order valence-corrected chi connectivity index (χ2v) is 11.6. The molecule has 1 aliphatic rings. The molecule has 1 aliphatic heterocycles. The number of nitrogens with one attached hydrogen (secondary N) is 1. The first-order valence-corrected chi connectivity index (χ1v) is 15.3. The number of aryl methyl sites for hydroxylation is 4. The predicted molar refractivity (Wildman–Crippen MR) is 168 cm³/mol. The van der Waals surface area contributed by atoms with Crippen molar-refractivity contribution in [3.05, 3.63) is 89.2 Å². The molecule has 12 heteroatoms. The molecule has 1 N–H and O–H groups in total. The van der Waals surface area contributed by atoms with Gasteiger partial charge in [-0.1, -0.05) is 53.7 Å². The minimum atomic E-state index is -4.74. The van der Waals surface area contributed by atoms with Gasteiger partial charge in [0.15, 0.2) is 11.0 Å². The fourth-order valence-corrected chi connectivity index (χ4v) is 6.16. The molecule has 44 heavy (non-hydrogen) atoms. The van der Waals surface area contributed by atoms with E-state index in [2.05, 4.69) is 62.9 Å². The van der Waals surface area contributed by atoms with E-state index in [-0.39, 0.29) is 11.8 Å². The fourth-order valence-electron chi connectivity index (χ4n) is 5.22. The van der Waals surface area contributed by atoms with Crippen molar-refractivity contribution in [1.82, 2.24) is 20.1 Å². The van der Waals surface area contributed by atoms with E-state index in [9.17, 15) is 18.0 Å². The number of ether oxygens (including phenoxy) is 1. The summed E-state index contributed by atoms with van der Waals surface area (Å²) in [5.74, 6) is 1.10. The Bertz CT molecular complexity index is 1610. The van der Waals surface area contributed by atoms with Gasteiger partial charge >= 0.3 is 12.4 Å². The Labute approximate surface area is 258 Å². The molecule has 3 aromatic carbocycles. The standard InChI is InChI=1S/C32H33F3N6O2S/c1-21-18-22(2)28(23(3)19-21)40-16-17-44-31(40)38-30(42)36-15-5-4-6-24-7-9-25(10-8-24)29-37-20-41(39-29)26-11-13-27(14-12-26)43-32(33,34)35/h7-14,18-20H,4-6,15-17H2,1-3H3,(H,36,42). The van der Waals surface area contributed by atoms with Crippen molar-refractivity contribution < 1.29 is 22.7 Å². The van der Waals surface area contributed by atoms with Crippen LogP contribution in [0.4, 0.5) is 23.7 Å². The van der Waals surface area contributed by atoms with E-state index in [0.29, 0.717) is 18.1 Å². The number of aromatic nitrogens is 3. The third-order valence-corrected chi connectivity index (χ3v) is 8.04. The number of carbonyl (C=O) groups is 1. The molecule has 0 saturated carbocycles. The minimum absolute atomic E-state index is 0.299. The quantitative estimate of drug-likeness (QED) is 0.196. The van der Waals surface area contributed by atoms with Gasteiger partial charge in [0.25, 0.3) is 0 Å². The van der Waals surface area contributed by atoms with Crippen LogP contribution in [0.25, 0.3) is 17.1 Å². The number of amides is 2. The minimum Gasteiger partial charge on any atom is -0.406 e. The summed E-state index contributed by atoms with van der Waals surface area (Å²) in [4.78, 5) is 23.4. The Hall–Kier alpha value is -4.32. The third-order valence-electron chi connectivity index (χ3n) is 7.09. The Balaban J connectivity index is 1.07. The number of amidine groups is 1. The third kappa shape index (κ3) is 7.98. The maximum Gasteiger partial charge on any atom is 0.573 e. The van der Waals surface area contributed by atoms with Gasteiger partial charge in [-0.2, -0.15) is 4.99 Å². The molecular formula is C32H33F3N6O2S. The van der Waals surface area contributed by atoms with E-state index in [0.717, 1.165) is 53.5 Å². The van der Waals surface area contributed by atoms with Crippen molar-refractivity contribution in [2.24, 2.45) is 4.99 Å².